The molecule has 6 heteroatoms. The van der Waals surface area contributed by atoms with Crippen LogP contribution in [0.1, 0.15) is 21.7 Å². The maximum Gasteiger partial charge on any atom is 0.256 e. The van der Waals surface area contributed by atoms with Gasteiger partial charge in [0.25, 0.3) is 5.91 Å². The second-order valence-corrected chi connectivity index (χ2v) is 4.94. The molecule has 2 rings (SSSR count). The molecule has 1 amide bonds. The number of hydrogen-bond acceptors (Lipinski definition) is 3. The van der Waals surface area contributed by atoms with Gasteiger partial charge in [-0.2, -0.15) is 0 Å². The number of halogens is 2. The summed E-state index contributed by atoms with van der Waals surface area (Å²) in [5.74, 6) is 2.89. The van der Waals surface area contributed by atoms with Crippen LogP contribution in [0.4, 0.5) is 14.5 Å². The minimum atomic E-state index is -1.09. The summed E-state index contributed by atoms with van der Waals surface area (Å²) in [4.78, 5) is 12.6. The third-order valence-corrected chi connectivity index (χ3v) is 3.36. The third kappa shape index (κ3) is 3.88. The predicted molar refractivity (Wildman–Crippen MR) is 77.2 cm³/mol. The van der Waals surface area contributed by atoms with E-state index in [1.165, 1.54) is 23.5 Å². The van der Waals surface area contributed by atoms with E-state index in [9.17, 15) is 13.6 Å². The van der Waals surface area contributed by atoms with Crippen molar-refractivity contribution in [1.82, 2.24) is 0 Å². The summed E-state index contributed by atoms with van der Waals surface area (Å²) in [7, 11) is 0. The summed E-state index contributed by atoms with van der Waals surface area (Å²) >= 11 is 1.26. The Kier molecular flexibility index (Phi) is 5.04. The number of anilines is 1. The molecule has 1 aromatic carbocycles. The molecule has 1 heterocycles. The highest BCUT2D eigenvalue weighted by Crippen LogP contribution is 2.19. The fourth-order valence-corrected chi connectivity index (χ4v) is 2.28. The van der Waals surface area contributed by atoms with E-state index in [2.05, 4.69) is 17.2 Å². The number of aliphatic hydroxyl groups is 1. The minimum Gasteiger partial charge on any atom is -0.395 e. The number of carbonyl (C=O) groups is 1. The van der Waals surface area contributed by atoms with Crippen LogP contribution in [-0.2, 0) is 0 Å². The Hall–Kier alpha value is -2.23. The number of benzene rings is 1. The summed E-state index contributed by atoms with van der Waals surface area (Å²) in [6.45, 7) is -0.0232. The normalized spacial score (nSPS) is 9.86. The van der Waals surface area contributed by atoms with Crippen molar-refractivity contribution in [1.29, 1.82) is 0 Å². The first-order valence-electron chi connectivity index (χ1n) is 6.05. The van der Waals surface area contributed by atoms with Crippen LogP contribution in [0.2, 0.25) is 0 Å². The van der Waals surface area contributed by atoms with Crippen LogP contribution in [0.25, 0.3) is 0 Å². The first-order valence-corrected chi connectivity index (χ1v) is 6.93. The highest BCUT2D eigenvalue weighted by molar-refractivity contribution is 7.10. The highest BCUT2D eigenvalue weighted by Gasteiger charge is 2.13. The zero-order chi connectivity index (χ0) is 15.2. The van der Waals surface area contributed by atoms with Crippen molar-refractivity contribution >= 4 is 22.9 Å². The maximum absolute atomic E-state index is 13.5. The second-order valence-electron chi connectivity index (χ2n) is 4.03. The molecule has 1 aromatic heterocycles. The predicted octanol–water partition coefficient (Wildman–Crippen LogP) is 3.01. The van der Waals surface area contributed by atoms with Crippen LogP contribution in [-0.4, -0.2) is 17.6 Å². The van der Waals surface area contributed by atoms with Crippen LogP contribution >= 0.6 is 11.3 Å². The molecule has 2 N–H and O–H groups in total. The lowest BCUT2D eigenvalue weighted by molar-refractivity contribution is 0.102. The molecular weight excluding hydrogens is 296 g/mol. The van der Waals surface area contributed by atoms with Gasteiger partial charge in [0.1, 0.15) is 0 Å². The average molecular weight is 307 g/mol. The quantitative estimate of drug-likeness (QED) is 0.856. The first kappa shape index (κ1) is 15.2. The molecule has 0 saturated heterocycles. The van der Waals surface area contributed by atoms with E-state index >= 15 is 0 Å². The molecule has 0 aliphatic carbocycles. The molecule has 3 nitrogen and oxygen atoms in total. The average Bonchev–Trinajstić information content (AvgIpc) is 2.93. The number of carbonyl (C=O) groups excluding carboxylic acids is 1. The van der Waals surface area contributed by atoms with Crippen LogP contribution in [0.15, 0.2) is 29.6 Å². The topological polar surface area (TPSA) is 49.3 Å². The molecule has 0 radical (unpaired) electrons. The smallest absolute Gasteiger partial charge is 0.256 e. The molecule has 21 heavy (non-hydrogen) atoms. The third-order valence-electron chi connectivity index (χ3n) is 2.51. The standard InChI is InChI=1S/C15H11F2NO2S/c16-12-5-3-6-13(14(12)17)18-15(20)10-8-11(21-9-10)4-1-2-7-19/h3,5-6,8-9,19H,2,7H2,(H,18,20). The van der Waals surface area contributed by atoms with E-state index in [1.54, 1.807) is 11.4 Å². The fourth-order valence-electron chi connectivity index (χ4n) is 1.52. The van der Waals surface area contributed by atoms with E-state index in [0.29, 0.717) is 16.9 Å². The van der Waals surface area contributed by atoms with Gasteiger partial charge in [-0.3, -0.25) is 4.79 Å². The van der Waals surface area contributed by atoms with Crippen LogP contribution in [0.3, 0.4) is 0 Å². The first-order chi connectivity index (χ1) is 10.1. The minimum absolute atomic E-state index is 0.0232. The SMILES string of the molecule is O=C(Nc1cccc(F)c1F)c1csc(C#CCCO)c1. The Labute approximate surface area is 124 Å². The highest BCUT2D eigenvalue weighted by atomic mass is 32.1. The number of nitrogens with one attached hydrogen (secondary N) is 1. The largest absolute Gasteiger partial charge is 0.395 e. The lowest BCUT2D eigenvalue weighted by Gasteiger charge is -2.05. The zero-order valence-corrected chi connectivity index (χ0v) is 11.6. The van der Waals surface area contributed by atoms with E-state index < -0.39 is 17.5 Å². The summed E-state index contributed by atoms with van der Waals surface area (Å²) < 4.78 is 26.5. The fraction of sp³-hybridized carbons (Fsp3) is 0.133. The van der Waals surface area contributed by atoms with Gasteiger partial charge in [-0.25, -0.2) is 8.78 Å². The van der Waals surface area contributed by atoms with Crippen molar-refractivity contribution in [3.8, 4) is 11.8 Å². The molecule has 0 fully saturated rings. The lowest BCUT2D eigenvalue weighted by atomic mass is 10.2. The van der Waals surface area contributed by atoms with Crippen molar-refractivity contribution in [2.75, 3.05) is 11.9 Å². The zero-order valence-electron chi connectivity index (χ0n) is 10.8. The molecule has 0 aliphatic rings. The number of amides is 1. The van der Waals surface area contributed by atoms with Crippen molar-refractivity contribution in [3.05, 3.63) is 51.7 Å². The Bertz CT molecular complexity index is 716. The number of hydrogen-bond donors (Lipinski definition) is 2. The van der Waals surface area contributed by atoms with Gasteiger partial charge >= 0.3 is 0 Å². The summed E-state index contributed by atoms with van der Waals surface area (Å²) in [6, 6.07) is 5.13. The van der Waals surface area contributed by atoms with Crippen molar-refractivity contribution in [2.24, 2.45) is 0 Å². The number of thiophene rings is 1. The van der Waals surface area contributed by atoms with Crippen molar-refractivity contribution in [3.63, 3.8) is 0 Å². The molecule has 0 aliphatic heterocycles. The van der Waals surface area contributed by atoms with Gasteiger partial charge in [-0.1, -0.05) is 17.9 Å². The number of aliphatic hydroxyl groups excluding tert-OH is 1. The molecule has 108 valence electrons. The molecule has 0 atom stereocenters. The second kappa shape index (κ2) is 6.97. The lowest BCUT2D eigenvalue weighted by Crippen LogP contribution is -2.12. The van der Waals surface area contributed by atoms with Gasteiger partial charge in [0.05, 0.1) is 22.7 Å². The van der Waals surface area contributed by atoms with Crippen LogP contribution in [0.5, 0.6) is 0 Å². The van der Waals surface area contributed by atoms with Crippen LogP contribution in [0, 0.1) is 23.5 Å². The van der Waals surface area contributed by atoms with E-state index in [1.807, 2.05) is 0 Å². The molecule has 2 aromatic rings. The molecule has 0 saturated carbocycles. The van der Waals surface area contributed by atoms with Crippen molar-refractivity contribution in [2.45, 2.75) is 6.42 Å². The van der Waals surface area contributed by atoms with Crippen LogP contribution < -0.4 is 5.32 Å². The monoisotopic (exact) mass is 307 g/mol. The van der Waals surface area contributed by atoms with Gasteiger partial charge in [-0.15, -0.1) is 11.3 Å². The molecular formula is C15H11F2NO2S. The van der Waals surface area contributed by atoms with E-state index in [-0.39, 0.29) is 12.3 Å². The Balaban J connectivity index is 2.11. The molecule has 0 spiro atoms. The Morgan fingerprint density at radius 3 is 2.95 bits per heavy atom. The van der Waals surface area contributed by atoms with Gasteiger partial charge in [0.15, 0.2) is 11.6 Å². The molecule has 0 bridgehead atoms. The summed E-state index contributed by atoms with van der Waals surface area (Å²) in [5.41, 5.74) is 0.107. The summed E-state index contributed by atoms with van der Waals surface area (Å²) in [6.07, 6.45) is 0.355. The van der Waals surface area contributed by atoms with E-state index in [4.69, 9.17) is 5.11 Å². The summed E-state index contributed by atoms with van der Waals surface area (Å²) in [5, 5.41) is 12.5. The van der Waals surface area contributed by atoms with Crippen molar-refractivity contribution < 1.29 is 18.7 Å². The van der Waals surface area contributed by atoms with Gasteiger partial charge in [0, 0.05) is 11.8 Å². The number of rotatable bonds is 3. The van der Waals surface area contributed by atoms with Gasteiger partial charge in [-0.05, 0) is 18.2 Å². The Morgan fingerprint density at radius 1 is 1.38 bits per heavy atom. The van der Waals surface area contributed by atoms with E-state index in [0.717, 1.165) is 6.07 Å². The maximum atomic E-state index is 13.5. The Morgan fingerprint density at radius 2 is 2.19 bits per heavy atom. The van der Waals surface area contributed by atoms with Gasteiger partial charge in [0.2, 0.25) is 0 Å². The van der Waals surface area contributed by atoms with Gasteiger partial charge < -0.3 is 10.4 Å². The molecule has 0 unspecified atom stereocenters.